The van der Waals surface area contributed by atoms with Crippen LogP contribution >= 0.6 is 11.8 Å². The maximum absolute atomic E-state index is 13.5. The summed E-state index contributed by atoms with van der Waals surface area (Å²) in [5.74, 6) is 0.867. The van der Waals surface area contributed by atoms with Gasteiger partial charge in [-0.05, 0) is 86.2 Å². The number of piperazine rings is 1. The lowest BCUT2D eigenvalue weighted by atomic mass is 9.98. The first-order valence-electron chi connectivity index (χ1n) is 16.3. The highest BCUT2D eigenvalue weighted by Gasteiger charge is 2.19. The summed E-state index contributed by atoms with van der Waals surface area (Å²) in [6.07, 6.45) is 3.53. The molecule has 1 aliphatic rings. The van der Waals surface area contributed by atoms with Crippen LogP contribution in [0.15, 0.2) is 102 Å². The van der Waals surface area contributed by atoms with Crippen LogP contribution in [0.1, 0.15) is 52.0 Å². The summed E-state index contributed by atoms with van der Waals surface area (Å²) in [6.45, 7) is 5.61. The van der Waals surface area contributed by atoms with Crippen molar-refractivity contribution < 1.29 is 14.4 Å². The van der Waals surface area contributed by atoms with Gasteiger partial charge in [0.2, 0.25) is 5.91 Å². The molecule has 4 aromatic rings. The van der Waals surface area contributed by atoms with Crippen LogP contribution in [0.5, 0.6) is 0 Å². The Bertz CT molecular complexity index is 1660. The molecule has 0 aliphatic carbocycles. The zero-order chi connectivity index (χ0) is 33.2. The summed E-state index contributed by atoms with van der Waals surface area (Å²) in [7, 11) is 3.89. The van der Waals surface area contributed by atoms with Crippen molar-refractivity contribution >= 4 is 40.9 Å². The number of hydrogen-bond donors (Lipinski definition) is 1. The third-order valence-electron chi connectivity index (χ3n) is 8.60. The molecule has 0 bridgehead atoms. The average molecular weight is 649 g/mol. The molecule has 3 amide bonds. The van der Waals surface area contributed by atoms with Crippen molar-refractivity contribution in [1.82, 2.24) is 9.80 Å². The largest absolute Gasteiger partial charge is 0.340 e. The molecule has 1 heterocycles. The summed E-state index contributed by atoms with van der Waals surface area (Å²) < 4.78 is 0. The van der Waals surface area contributed by atoms with Gasteiger partial charge in [0.25, 0.3) is 11.8 Å². The van der Waals surface area contributed by atoms with Crippen LogP contribution in [0.3, 0.4) is 0 Å². The molecular formula is C39H44N4O3S. The summed E-state index contributed by atoms with van der Waals surface area (Å²) in [5, 5.41) is 2.99. The van der Waals surface area contributed by atoms with Gasteiger partial charge in [-0.2, -0.15) is 0 Å². The van der Waals surface area contributed by atoms with E-state index in [-0.39, 0.29) is 17.7 Å². The molecule has 7 nitrogen and oxygen atoms in total. The van der Waals surface area contributed by atoms with Crippen LogP contribution < -0.4 is 10.2 Å². The Kier molecular flexibility index (Phi) is 11.9. The number of benzene rings is 4. The molecule has 244 valence electrons. The zero-order valence-electron chi connectivity index (χ0n) is 27.6. The van der Waals surface area contributed by atoms with Crippen LogP contribution in [0.2, 0.25) is 0 Å². The van der Waals surface area contributed by atoms with E-state index in [2.05, 4.69) is 17.3 Å². The van der Waals surface area contributed by atoms with Gasteiger partial charge in [0.1, 0.15) is 0 Å². The summed E-state index contributed by atoms with van der Waals surface area (Å²) in [4.78, 5) is 46.3. The minimum atomic E-state index is -0.204. The fourth-order valence-corrected chi connectivity index (χ4v) is 6.77. The number of unbranched alkanes of at least 4 members (excludes halogenated alkanes) is 2. The number of carbonyl (C=O) groups is 3. The van der Waals surface area contributed by atoms with Gasteiger partial charge in [-0.3, -0.25) is 14.4 Å². The van der Waals surface area contributed by atoms with E-state index in [0.717, 1.165) is 78.5 Å². The highest BCUT2D eigenvalue weighted by atomic mass is 32.2. The average Bonchev–Trinajstić information content (AvgIpc) is 3.10. The Balaban J connectivity index is 1.13. The van der Waals surface area contributed by atoms with Gasteiger partial charge in [-0.15, -0.1) is 11.8 Å². The summed E-state index contributed by atoms with van der Waals surface area (Å²) >= 11 is 1.74. The van der Waals surface area contributed by atoms with Crippen molar-refractivity contribution in [2.75, 3.05) is 56.2 Å². The number of rotatable bonds is 12. The molecular weight excluding hydrogens is 605 g/mol. The molecule has 0 unspecified atom stereocenters. The molecule has 0 radical (unpaired) electrons. The predicted molar refractivity (Wildman–Crippen MR) is 193 cm³/mol. The van der Waals surface area contributed by atoms with Gasteiger partial charge in [-0.1, -0.05) is 66.6 Å². The molecule has 1 fully saturated rings. The monoisotopic (exact) mass is 648 g/mol. The van der Waals surface area contributed by atoms with E-state index in [1.165, 1.54) is 0 Å². The Morgan fingerprint density at radius 3 is 2.21 bits per heavy atom. The highest BCUT2D eigenvalue weighted by Crippen LogP contribution is 2.31. The molecule has 8 heteroatoms. The van der Waals surface area contributed by atoms with E-state index >= 15 is 0 Å². The second-order valence-corrected chi connectivity index (χ2v) is 13.3. The molecule has 47 heavy (non-hydrogen) atoms. The van der Waals surface area contributed by atoms with E-state index in [4.69, 9.17) is 0 Å². The SMILES string of the molecule is Cc1ccc(-c2ccccc2C(=O)Nc2ccc(C(=O)N(C)c3ccccc3SCCCCCC(=O)N3CCN(C)CC3)cc2)cc1. The minimum absolute atomic E-state index is 0.122. The number of aryl methyl sites for hydroxylation is 1. The number of hydrogen-bond acceptors (Lipinski definition) is 5. The number of amides is 3. The highest BCUT2D eigenvalue weighted by molar-refractivity contribution is 7.99. The third-order valence-corrected chi connectivity index (χ3v) is 9.75. The van der Waals surface area contributed by atoms with Crippen molar-refractivity contribution in [3.63, 3.8) is 0 Å². The molecule has 1 saturated heterocycles. The topological polar surface area (TPSA) is 73.0 Å². The fraction of sp³-hybridized carbons (Fsp3) is 0.308. The lowest BCUT2D eigenvalue weighted by Gasteiger charge is -2.32. The fourth-order valence-electron chi connectivity index (χ4n) is 5.67. The van der Waals surface area contributed by atoms with Gasteiger partial charge in [0.15, 0.2) is 0 Å². The van der Waals surface area contributed by atoms with E-state index in [1.54, 1.807) is 48.0 Å². The lowest BCUT2D eigenvalue weighted by Crippen LogP contribution is -2.47. The van der Waals surface area contributed by atoms with Crippen LogP contribution in [-0.2, 0) is 4.79 Å². The van der Waals surface area contributed by atoms with Gasteiger partial charge in [0.05, 0.1) is 5.69 Å². The molecule has 0 atom stereocenters. The number of nitrogens with one attached hydrogen (secondary N) is 1. The molecule has 0 aromatic heterocycles. The smallest absolute Gasteiger partial charge is 0.258 e. The van der Waals surface area contributed by atoms with Crippen LogP contribution in [-0.4, -0.2) is 73.5 Å². The van der Waals surface area contributed by atoms with Crippen molar-refractivity contribution in [2.45, 2.75) is 37.5 Å². The quantitative estimate of drug-likeness (QED) is 0.126. The lowest BCUT2D eigenvalue weighted by molar-refractivity contribution is -0.132. The zero-order valence-corrected chi connectivity index (χ0v) is 28.4. The molecule has 0 spiro atoms. The normalized spacial score (nSPS) is 13.3. The van der Waals surface area contributed by atoms with Gasteiger partial charge >= 0.3 is 0 Å². The number of thioether (sulfide) groups is 1. The third kappa shape index (κ3) is 9.11. The number of likely N-dealkylation sites (N-methyl/N-ethyl adjacent to an activating group) is 1. The Morgan fingerprint density at radius 1 is 0.787 bits per heavy atom. The van der Waals surface area contributed by atoms with Crippen molar-refractivity contribution in [3.05, 3.63) is 114 Å². The number of nitrogens with zero attached hydrogens (tertiary/aromatic N) is 3. The minimum Gasteiger partial charge on any atom is -0.340 e. The van der Waals surface area contributed by atoms with Crippen molar-refractivity contribution in [1.29, 1.82) is 0 Å². The first-order valence-corrected chi connectivity index (χ1v) is 17.3. The second-order valence-electron chi connectivity index (χ2n) is 12.1. The molecule has 0 saturated carbocycles. The van der Waals surface area contributed by atoms with Gasteiger partial charge in [-0.25, -0.2) is 0 Å². The first-order chi connectivity index (χ1) is 22.8. The second kappa shape index (κ2) is 16.4. The predicted octanol–water partition coefficient (Wildman–Crippen LogP) is 7.62. The molecule has 4 aromatic carbocycles. The number of carbonyl (C=O) groups excluding carboxylic acids is 3. The van der Waals surface area contributed by atoms with E-state index in [1.807, 2.05) is 84.6 Å². The summed E-state index contributed by atoms with van der Waals surface area (Å²) in [6, 6.07) is 30.7. The molecule has 5 rings (SSSR count). The van der Waals surface area contributed by atoms with Crippen LogP contribution in [0, 0.1) is 6.92 Å². The van der Waals surface area contributed by atoms with Gasteiger partial charge in [0, 0.05) is 61.4 Å². The van der Waals surface area contributed by atoms with E-state index in [9.17, 15) is 14.4 Å². The van der Waals surface area contributed by atoms with Crippen LogP contribution in [0.4, 0.5) is 11.4 Å². The van der Waals surface area contributed by atoms with E-state index < -0.39 is 0 Å². The maximum atomic E-state index is 13.5. The first kappa shape index (κ1) is 33.9. The Hall–Kier alpha value is -4.40. The van der Waals surface area contributed by atoms with E-state index in [0.29, 0.717) is 23.2 Å². The Morgan fingerprint density at radius 2 is 1.47 bits per heavy atom. The number of para-hydroxylation sites is 1. The van der Waals surface area contributed by atoms with Crippen molar-refractivity contribution in [2.24, 2.45) is 0 Å². The standard InChI is InChI=1S/C39H44N4O3S/c1-29-16-18-30(19-17-29)33-11-6-7-12-34(33)38(45)40-32-22-20-31(21-23-32)39(46)42(3)35-13-8-9-14-36(35)47-28-10-4-5-15-37(44)43-26-24-41(2)25-27-43/h6-9,11-14,16-23H,4-5,10,15,24-28H2,1-3H3,(H,40,45). The summed E-state index contributed by atoms with van der Waals surface area (Å²) in [5.41, 5.74) is 5.62. The maximum Gasteiger partial charge on any atom is 0.258 e. The van der Waals surface area contributed by atoms with Gasteiger partial charge < -0.3 is 20.0 Å². The molecule has 1 N–H and O–H groups in total. The molecule has 1 aliphatic heterocycles. The van der Waals surface area contributed by atoms with Crippen molar-refractivity contribution in [3.8, 4) is 11.1 Å². The Labute approximate surface area is 283 Å². The van der Waals surface area contributed by atoms with Crippen LogP contribution in [0.25, 0.3) is 11.1 Å². The number of anilines is 2.